The molecule has 3 rings (SSSR count). The number of rotatable bonds is 6. The Morgan fingerprint density at radius 2 is 1.70 bits per heavy atom. The predicted octanol–water partition coefficient (Wildman–Crippen LogP) is 5.09. The zero-order valence-corrected chi connectivity index (χ0v) is 15.6. The van der Waals surface area contributed by atoms with E-state index in [0.717, 1.165) is 0 Å². The van der Waals surface area contributed by atoms with Crippen LogP contribution in [0.3, 0.4) is 0 Å². The Kier molecular flexibility index (Phi) is 5.95. The highest BCUT2D eigenvalue weighted by atomic mass is 35.5. The molecule has 1 fully saturated rings. The number of benzene rings is 1. The molecule has 27 heavy (non-hydrogen) atoms. The molecule has 0 bridgehead atoms. The molecule has 0 saturated heterocycles. The minimum atomic E-state index is -4.09. The molecule has 1 saturated carbocycles. The summed E-state index contributed by atoms with van der Waals surface area (Å²) >= 11 is 12.3. The van der Waals surface area contributed by atoms with Crippen molar-refractivity contribution in [3.8, 4) is 0 Å². The lowest BCUT2D eigenvalue weighted by Crippen LogP contribution is -2.42. The molecule has 1 heterocycles. The number of hydroxylamine groups is 1. The number of hydrogen-bond acceptors (Lipinski definition) is 4. The van der Waals surface area contributed by atoms with Crippen molar-refractivity contribution in [1.82, 2.24) is 10.5 Å². The average molecular weight is 417 g/mol. The van der Waals surface area contributed by atoms with Gasteiger partial charge in [-0.2, -0.15) is 4.84 Å². The van der Waals surface area contributed by atoms with Crippen molar-refractivity contribution in [2.75, 3.05) is 0 Å². The van der Waals surface area contributed by atoms with E-state index in [1.807, 2.05) is 0 Å². The van der Waals surface area contributed by atoms with Gasteiger partial charge in [-0.3, -0.25) is 14.5 Å². The maximum atomic E-state index is 14.4. The van der Waals surface area contributed by atoms with Gasteiger partial charge in [-0.25, -0.2) is 5.48 Å². The molecule has 2 aromatic rings. The third kappa shape index (κ3) is 4.55. The van der Waals surface area contributed by atoms with Gasteiger partial charge in [0.1, 0.15) is 5.60 Å². The Morgan fingerprint density at radius 3 is 2.30 bits per heavy atom. The topological polar surface area (TPSA) is 60.5 Å². The van der Waals surface area contributed by atoms with Crippen molar-refractivity contribution in [2.45, 2.75) is 37.6 Å². The van der Waals surface area contributed by atoms with E-state index in [4.69, 9.17) is 27.9 Å². The quantitative estimate of drug-likeness (QED) is 0.526. The fourth-order valence-corrected chi connectivity index (χ4v) is 3.91. The molecule has 9 heteroatoms. The lowest BCUT2D eigenvalue weighted by Gasteiger charge is -2.34. The van der Waals surface area contributed by atoms with Gasteiger partial charge >= 0.3 is 6.29 Å². The Hall–Kier alpha value is -1.80. The third-order valence-electron chi connectivity index (χ3n) is 4.33. The van der Waals surface area contributed by atoms with Crippen LogP contribution >= 0.6 is 23.2 Å². The van der Waals surface area contributed by atoms with Gasteiger partial charge in [-0.15, -0.1) is 8.78 Å². The number of carbonyl (C=O) groups excluding carboxylic acids is 1. The van der Waals surface area contributed by atoms with Crippen LogP contribution in [0, 0.1) is 0 Å². The molecule has 0 aliphatic heterocycles. The second-order valence-electron chi connectivity index (χ2n) is 6.14. The SMILES string of the molecule is O=C(NOC(F)(F)OC1(c2c(Cl)cncc2Cl)CCCC1)c1ccccc1. The Morgan fingerprint density at radius 1 is 1.11 bits per heavy atom. The molecule has 1 aliphatic rings. The molecular weight excluding hydrogens is 401 g/mol. The molecule has 0 spiro atoms. The van der Waals surface area contributed by atoms with Gasteiger partial charge in [-0.05, 0) is 25.0 Å². The largest absolute Gasteiger partial charge is 0.507 e. The maximum Gasteiger partial charge on any atom is 0.507 e. The zero-order chi connectivity index (χ0) is 19.5. The first-order valence-corrected chi connectivity index (χ1v) is 8.99. The first-order chi connectivity index (χ1) is 12.8. The summed E-state index contributed by atoms with van der Waals surface area (Å²) in [6.07, 6.45) is 0.419. The van der Waals surface area contributed by atoms with Crippen LogP contribution in [0.15, 0.2) is 42.7 Å². The smallest absolute Gasteiger partial charge is 0.283 e. The number of nitrogens with zero attached hydrogens (tertiary/aromatic N) is 1. The minimum absolute atomic E-state index is 0.133. The van der Waals surface area contributed by atoms with Crippen molar-refractivity contribution in [3.05, 3.63) is 63.9 Å². The number of amides is 1. The molecule has 1 amide bonds. The van der Waals surface area contributed by atoms with Crippen molar-refractivity contribution in [2.24, 2.45) is 0 Å². The Balaban J connectivity index is 1.77. The number of aromatic nitrogens is 1. The first kappa shape index (κ1) is 19.9. The van der Waals surface area contributed by atoms with Crippen LogP contribution in [0.2, 0.25) is 10.0 Å². The number of halogens is 4. The highest BCUT2D eigenvalue weighted by Gasteiger charge is 2.49. The van der Waals surface area contributed by atoms with Gasteiger partial charge in [0.2, 0.25) is 0 Å². The van der Waals surface area contributed by atoms with E-state index in [-0.39, 0.29) is 34.0 Å². The Bertz CT molecular complexity index is 795. The van der Waals surface area contributed by atoms with Gasteiger partial charge in [0.05, 0.1) is 10.0 Å². The molecule has 1 N–H and O–H groups in total. The van der Waals surface area contributed by atoms with E-state index < -0.39 is 17.8 Å². The molecule has 1 aromatic carbocycles. The minimum Gasteiger partial charge on any atom is -0.283 e. The van der Waals surface area contributed by atoms with Crippen LogP contribution < -0.4 is 5.48 Å². The van der Waals surface area contributed by atoms with Crippen LogP contribution in [0.5, 0.6) is 0 Å². The molecule has 0 unspecified atom stereocenters. The van der Waals surface area contributed by atoms with E-state index in [2.05, 4.69) is 9.82 Å². The summed E-state index contributed by atoms with van der Waals surface area (Å²) in [5.41, 5.74) is 0.703. The molecule has 0 atom stereocenters. The summed E-state index contributed by atoms with van der Waals surface area (Å²) in [5.74, 6) is -0.820. The highest BCUT2D eigenvalue weighted by molar-refractivity contribution is 6.35. The normalized spacial score (nSPS) is 16.3. The zero-order valence-electron chi connectivity index (χ0n) is 14.1. The fraction of sp³-hybridized carbons (Fsp3) is 0.333. The fourth-order valence-electron chi connectivity index (χ4n) is 3.20. The number of pyridine rings is 1. The number of alkyl halides is 2. The van der Waals surface area contributed by atoms with Gasteiger partial charge in [-0.1, -0.05) is 54.2 Å². The summed E-state index contributed by atoms with van der Waals surface area (Å²) in [6, 6.07) is 7.83. The second kappa shape index (κ2) is 8.06. The average Bonchev–Trinajstić information content (AvgIpc) is 3.08. The third-order valence-corrected chi connectivity index (χ3v) is 4.91. The van der Waals surface area contributed by atoms with Crippen molar-refractivity contribution >= 4 is 29.1 Å². The molecule has 144 valence electrons. The molecular formula is C18H16Cl2F2N2O3. The second-order valence-corrected chi connectivity index (χ2v) is 6.96. The highest BCUT2D eigenvalue weighted by Crippen LogP contribution is 2.49. The lowest BCUT2D eigenvalue weighted by atomic mass is 9.92. The Labute approximate surface area is 164 Å². The standard InChI is InChI=1S/C18H16Cl2F2N2O3/c19-13-10-23-11-14(20)15(13)17(8-4-5-9-17)26-18(21,22)27-24-16(25)12-6-2-1-3-7-12/h1-3,6-7,10-11H,4-5,8-9H2,(H,24,25). The summed E-state index contributed by atoms with van der Waals surface area (Å²) in [7, 11) is 0. The van der Waals surface area contributed by atoms with E-state index in [1.54, 1.807) is 23.7 Å². The van der Waals surface area contributed by atoms with Gasteiger partial charge in [0.15, 0.2) is 0 Å². The lowest BCUT2D eigenvalue weighted by molar-refractivity contribution is -0.439. The molecule has 1 aliphatic carbocycles. The van der Waals surface area contributed by atoms with E-state index in [0.29, 0.717) is 12.8 Å². The summed E-state index contributed by atoms with van der Waals surface area (Å²) in [5, 5.41) is 0.266. The molecule has 1 aromatic heterocycles. The van der Waals surface area contributed by atoms with Crippen molar-refractivity contribution in [3.63, 3.8) is 0 Å². The van der Waals surface area contributed by atoms with Gasteiger partial charge in [0, 0.05) is 23.5 Å². The van der Waals surface area contributed by atoms with Crippen molar-refractivity contribution in [1.29, 1.82) is 0 Å². The summed E-state index contributed by atoms with van der Waals surface area (Å²) in [4.78, 5) is 20.0. The maximum absolute atomic E-state index is 14.4. The van der Waals surface area contributed by atoms with Crippen LogP contribution in [-0.2, 0) is 15.2 Å². The monoisotopic (exact) mass is 416 g/mol. The van der Waals surface area contributed by atoms with Gasteiger partial charge in [0.25, 0.3) is 5.91 Å². The van der Waals surface area contributed by atoms with Gasteiger partial charge < -0.3 is 0 Å². The van der Waals surface area contributed by atoms with Crippen LogP contribution in [0.1, 0.15) is 41.6 Å². The molecule has 0 radical (unpaired) electrons. The van der Waals surface area contributed by atoms with Crippen molar-refractivity contribution < 1.29 is 23.1 Å². The number of ether oxygens (including phenoxy) is 1. The molecule has 5 nitrogen and oxygen atoms in total. The van der Waals surface area contributed by atoms with E-state index in [1.165, 1.54) is 24.5 Å². The first-order valence-electron chi connectivity index (χ1n) is 8.24. The summed E-state index contributed by atoms with van der Waals surface area (Å²) in [6.45, 7) is 0. The number of carbonyl (C=O) groups is 1. The van der Waals surface area contributed by atoms with Crippen LogP contribution in [0.25, 0.3) is 0 Å². The van der Waals surface area contributed by atoms with E-state index in [9.17, 15) is 13.6 Å². The van der Waals surface area contributed by atoms with Crippen LogP contribution in [0.4, 0.5) is 8.78 Å². The predicted molar refractivity (Wildman–Crippen MR) is 95.4 cm³/mol. The van der Waals surface area contributed by atoms with Crippen LogP contribution in [-0.4, -0.2) is 17.2 Å². The number of hydrogen-bond donors (Lipinski definition) is 1. The van der Waals surface area contributed by atoms with E-state index >= 15 is 0 Å². The number of nitrogens with one attached hydrogen (secondary N) is 1. The summed E-state index contributed by atoms with van der Waals surface area (Å²) < 4.78 is 33.8.